The van der Waals surface area contributed by atoms with Gasteiger partial charge in [0.2, 0.25) is 0 Å². The number of nitro groups is 1. The van der Waals surface area contributed by atoms with Crippen molar-refractivity contribution in [1.82, 2.24) is 0 Å². The summed E-state index contributed by atoms with van der Waals surface area (Å²) in [6.07, 6.45) is 0.580. The number of methoxy groups -OCH3 is 1. The highest BCUT2D eigenvalue weighted by Gasteiger charge is 2.34. The van der Waals surface area contributed by atoms with Gasteiger partial charge in [0.1, 0.15) is 11.4 Å². The van der Waals surface area contributed by atoms with Crippen molar-refractivity contribution in [3.05, 3.63) is 62.1 Å². The maximum absolute atomic E-state index is 12.9. The van der Waals surface area contributed by atoms with Gasteiger partial charge in [0, 0.05) is 17.1 Å². The Labute approximate surface area is 140 Å². The average Bonchev–Trinajstić information content (AvgIpc) is 2.96. The van der Waals surface area contributed by atoms with Gasteiger partial charge in [-0.15, -0.1) is 0 Å². The van der Waals surface area contributed by atoms with Crippen LogP contribution in [0.25, 0.3) is 0 Å². The Morgan fingerprint density at radius 1 is 1.35 bits per heavy atom. The van der Waals surface area contributed by atoms with Gasteiger partial charge in [0.25, 0.3) is 11.6 Å². The molecule has 0 aliphatic carbocycles. The molecule has 1 heterocycles. The third-order valence-corrected chi connectivity index (χ3v) is 4.25. The van der Waals surface area contributed by atoms with E-state index in [1.165, 1.54) is 18.1 Å². The summed E-state index contributed by atoms with van der Waals surface area (Å²) in [5.74, 6) is 0.150. The normalized spacial score (nSPS) is 12.9. The second kappa shape index (κ2) is 6.00. The first-order chi connectivity index (χ1) is 11.0. The summed E-state index contributed by atoms with van der Waals surface area (Å²) >= 11 is 3.28. The first-order valence-electron chi connectivity index (χ1n) is 6.94. The Balaban J connectivity index is 2.09. The standard InChI is InChI=1S/C16H13BrN2O4/c1-23-14-5-3-2-4-12(14)16(20)18-7-6-10-8-11(17)9-13(15(10)18)19(21)22/h2-5,8-9H,6-7H2,1H3. The van der Waals surface area contributed by atoms with Gasteiger partial charge in [-0.3, -0.25) is 14.9 Å². The maximum atomic E-state index is 12.9. The predicted molar refractivity (Wildman–Crippen MR) is 89.2 cm³/mol. The summed E-state index contributed by atoms with van der Waals surface area (Å²) in [5, 5.41) is 11.4. The summed E-state index contributed by atoms with van der Waals surface area (Å²) in [6.45, 7) is 0.406. The average molecular weight is 377 g/mol. The molecular formula is C16H13BrN2O4. The zero-order valence-corrected chi connectivity index (χ0v) is 13.9. The fourth-order valence-electron chi connectivity index (χ4n) is 2.80. The van der Waals surface area contributed by atoms with Crippen molar-refractivity contribution in [2.45, 2.75) is 6.42 Å². The molecule has 23 heavy (non-hydrogen) atoms. The van der Waals surface area contributed by atoms with Crippen LogP contribution in [0.1, 0.15) is 15.9 Å². The van der Waals surface area contributed by atoms with Crippen molar-refractivity contribution in [2.75, 3.05) is 18.6 Å². The molecule has 3 rings (SSSR count). The number of benzene rings is 2. The van der Waals surface area contributed by atoms with E-state index in [1.54, 1.807) is 24.3 Å². The maximum Gasteiger partial charge on any atom is 0.294 e. The second-order valence-electron chi connectivity index (χ2n) is 5.10. The lowest BCUT2D eigenvalue weighted by Crippen LogP contribution is -2.29. The van der Waals surface area contributed by atoms with Crippen molar-refractivity contribution in [3.8, 4) is 5.75 Å². The van der Waals surface area contributed by atoms with Crippen LogP contribution < -0.4 is 9.64 Å². The molecule has 0 aromatic heterocycles. The van der Waals surface area contributed by atoms with E-state index in [4.69, 9.17) is 4.74 Å². The van der Waals surface area contributed by atoms with E-state index in [-0.39, 0.29) is 11.6 Å². The first-order valence-corrected chi connectivity index (χ1v) is 7.74. The number of halogens is 1. The molecule has 7 heteroatoms. The molecule has 2 aromatic rings. The summed E-state index contributed by atoms with van der Waals surface area (Å²) in [7, 11) is 1.49. The van der Waals surface area contributed by atoms with Crippen LogP contribution >= 0.6 is 15.9 Å². The Morgan fingerprint density at radius 2 is 2.09 bits per heavy atom. The predicted octanol–water partition coefficient (Wildman–Crippen LogP) is 3.57. The molecule has 0 spiro atoms. The number of fused-ring (bicyclic) bond motifs is 1. The van der Waals surface area contributed by atoms with Gasteiger partial charge in [-0.25, -0.2) is 0 Å². The fraction of sp³-hybridized carbons (Fsp3) is 0.188. The van der Waals surface area contributed by atoms with Gasteiger partial charge >= 0.3 is 0 Å². The number of nitro benzene ring substituents is 1. The fourth-order valence-corrected chi connectivity index (χ4v) is 3.29. The van der Waals surface area contributed by atoms with Crippen LogP contribution in [-0.2, 0) is 6.42 Å². The lowest BCUT2D eigenvalue weighted by Gasteiger charge is -2.18. The van der Waals surface area contributed by atoms with Crippen molar-refractivity contribution >= 4 is 33.2 Å². The number of ether oxygens (including phenoxy) is 1. The number of hydrogen-bond acceptors (Lipinski definition) is 4. The second-order valence-corrected chi connectivity index (χ2v) is 6.01. The number of rotatable bonds is 3. The topological polar surface area (TPSA) is 72.7 Å². The Morgan fingerprint density at radius 3 is 2.78 bits per heavy atom. The molecule has 0 bridgehead atoms. The number of carbonyl (C=O) groups excluding carboxylic acids is 1. The van der Waals surface area contributed by atoms with Gasteiger partial charge in [-0.05, 0) is 30.2 Å². The minimum absolute atomic E-state index is 0.0740. The molecule has 1 aliphatic rings. The highest BCUT2D eigenvalue weighted by molar-refractivity contribution is 9.10. The Kier molecular flexibility index (Phi) is 4.04. The van der Waals surface area contributed by atoms with Crippen LogP contribution in [0.2, 0.25) is 0 Å². The van der Waals surface area contributed by atoms with Crippen LogP contribution in [0.3, 0.4) is 0 Å². The minimum Gasteiger partial charge on any atom is -0.496 e. The van der Waals surface area contributed by atoms with Crippen LogP contribution in [0.4, 0.5) is 11.4 Å². The zero-order chi connectivity index (χ0) is 16.6. The molecule has 1 aliphatic heterocycles. The third kappa shape index (κ3) is 2.68. The van der Waals surface area contributed by atoms with E-state index in [1.807, 2.05) is 6.07 Å². The van der Waals surface area contributed by atoms with E-state index in [9.17, 15) is 14.9 Å². The monoisotopic (exact) mass is 376 g/mol. The zero-order valence-electron chi connectivity index (χ0n) is 12.3. The molecule has 0 saturated carbocycles. The van der Waals surface area contributed by atoms with E-state index in [0.717, 1.165) is 5.56 Å². The van der Waals surface area contributed by atoms with Crippen molar-refractivity contribution in [1.29, 1.82) is 0 Å². The minimum atomic E-state index is -0.461. The SMILES string of the molecule is COc1ccccc1C(=O)N1CCc2cc(Br)cc([N+](=O)[O-])c21. The van der Waals surface area contributed by atoms with E-state index < -0.39 is 4.92 Å². The molecule has 0 saturated heterocycles. The molecule has 0 atom stereocenters. The van der Waals surface area contributed by atoms with Gasteiger partial charge in [0.05, 0.1) is 17.6 Å². The van der Waals surface area contributed by atoms with Gasteiger partial charge in [-0.1, -0.05) is 28.1 Å². The quantitative estimate of drug-likeness (QED) is 0.606. The molecule has 118 valence electrons. The number of amides is 1. The lowest BCUT2D eigenvalue weighted by atomic mass is 10.1. The third-order valence-electron chi connectivity index (χ3n) is 3.79. The van der Waals surface area contributed by atoms with E-state index >= 15 is 0 Å². The smallest absolute Gasteiger partial charge is 0.294 e. The molecule has 1 amide bonds. The van der Waals surface area contributed by atoms with E-state index in [2.05, 4.69) is 15.9 Å². The van der Waals surface area contributed by atoms with E-state index in [0.29, 0.717) is 34.4 Å². The molecule has 0 N–H and O–H groups in total. The molecule has 0 radical (unpaired) electrons. The molecule has 0 unspecified atom stereocenters. The van der Waals surface area contributed by atoms with Crippen LogP contribution in [-0.4, -0.2) is 24.5 Å². The first kappa shape index (κ1) is 15.5. The van der Waals surface area contributed by atoms with Gasteiger partial charge in [-0.2, -0.15) is 0 Å². The highest BCUT2D eigenvalue weighted by atomic mass is 79.9. The van der Waals surface area contributed by atoms with Gasteiger partial charge < -0.3 is 9.64 Å². The lowest BCUT2D eigenvalue weighted by molar-refractivity contribution is -0.384. The van der Waals surface area contributed by atoms with Crippen LogP contribution in [0.15, 0.2) is 40.9 Å². The van der Waals surface area contributed by atoms with Gasteiger partial charge in [0.15, 0.2) is 0 Å². The van der Waals surface area contributed by atoms with Crippen LogP contribution in [0.5, 0.6) is 5.75 Å². The summed E-state index contributed by atoms with van der Waals surface area (Å²) in [4.78, 5) is 25.2. The molecule has 0 fully saturated rings. The van der Waals surface area contributed by atoms with Crippen molar-refractivity contribution in [3.63, 3.8) is 0 Å². The highest BCUT2D eigenvalue weighted by Crippen LogP contribution is 2.40. The summed E-state index contributed by atoms with van der Waals surface area (Å²) in [6, 6.07) is 10.1. The molecular weight excluding hydrogens is 364 g/mol. The summed E-state index contributed by atoms with van der Waals surface area (Å²) < 4.78 is 5.86. The van der Waals surface area contributed by atoms with Crippen molar-refractivity contribution in [2.24, 2.45) is 0 Å². The van der Waals surface area contributed by atoms with Crippen LogP contribution in [0, 0.1) is 10.1 Å². The Bertz CT molecular complexity index is 807. The number of carbonyl (C=O) groups is 1. The van der Waals surface area contributed by atoms with Crippen molar-refractivity contribution < 1.29 is 14.5 Å². The summed E-state index contributed by atoms with van der Waals surface area (Å²) in [5.41, 5.74) is 1.47. The molecule has 6 nitrogen and oxygen atoms in total. The number of anilines is 1. The number of hydrogen-bond donors (Lipinski definition) is 0. The number of para-hydroxylation sites is 1. The largest absolute Gasteiger partial charge is 0.496 e. The Hall–Kier alpha value is -2.41. The number of nitrogens with zero attached hydrogens (tertiary/aromatic N) is 2. The molecule has 2 aromatic carbocycles.